The summed E-state index contributed by atoms with van der Waals surface area (Å²) in [6.07, 6.45) is 0.606. The first-order chi connectivity index (χ1) is 10.1. The summed E-state index contributed by atoms with van der Waals surface area (Å²) in [5, 5.41) is 0. The van der Waals surface area contributed by atoms with E-state index in [2.05, 4.69) is 32.5 Å². The summed E-state index contributed by atoms with van der Waals surface area (Å²) in [5.41, 5.74) is 2.38. The lowest BCUT2D eigenvalue weighted by molar-refractivity contribution is -0.0504. The van der Waals surface area contributed by atoms with Gasteiger partial charge in [-0.25, -0.2) is 0 Å². The molecule has 0 aliphatic heterocycles. The van der Waals surface area contributed by atoms with Gasteiger partial charge in [-0.1, -0.05) is 40.8 Å². The third-order valence-corrected chi connectivity index (χ3v) is 3.33. The smallest absolute Gasteiger partial charge is 0.387 e. The highest BCUT2D eigenvalue weighted by Gasteiger charge is 2.08. The molecule has 0 saturated heterocycles. The van der Waals surface area contributed by atoms with Gasteiger partial charge in [-0.3, -0.25) is 0 Å². The molecule has 2 aromatic rings. The molecule has 0 aliphatic carbocycles. The molecule has 0 unspecified atom stereocenters. The van der Waals surface area contributed by atoms with Crippen molar-refractivity contribution in [2.75, 3.05) is 0 Å². The summed E-state index contributed by atoms with van der Waals surface area (Å²) >= 11 is 3.39. The summed E-state index contributed by atoms with van der Waals surface area (Å²) in [6.45, 7) is -0.923. The van der Waals surface area contributed by atoms with Gasteiger partial charge in [0.25, 0.3) is 0 Å². The minimum absolute atomic E-state index is 0.209. The third kappa shape index (κ3) is 4.57. The van der Waals surface area contributed by atoms with Gasteiger partial charge in [0.1, 0.15) is 5.75 Å². The number of aryl methyl sites for hydroxylation is 1. The van der Waals surface area contributed by atoms with E-state index in [-0.39, 0.29) is 5.75 Å². The first-order valence-corrected chi connectivity index (χ1v) is 7.23. The molecule has 0 saturated carbocycles. The van der Waals surface area contributed by atoms with Gasteiger partial charge in [0.05, 0.1) is 0 Å². The molecule has 0 bridgehead atoms. The molecular weight excluding hydrogens is 338 g/mol. The van der Waals surface area contributed by atoms with Crippen LogP contribution in [0, 0.1) is 11.8 Å². The highest BCUT2D eigenvalue weighted by Crippen LogP contribution is 2.22. The number of alkyl halides is 2. The highest BCUT2D eigenvalue weighted by molar-refractivity contribution is 9.10. The summed E-state index contributed by atoms with van der Waals surface area (Å²) < 4.78 is 30.0. The molecule has 0 spiro atoms. The number of halogens is 3. The molecule has 0 N–H and O–H groups in total. The van der Waals surface area contributed by atoms with Crippen LogP contribution in [-0.4, -0.2) is 6.61 Å². The summed E-state index contributed by atoms with van der Waals surface area (Å²) in [6, 6.07) is 12.7. The van der Waals surface area contributed by atoms with Crippen molar-refractivity contribution in [2.24, 2.45) is 0 Å². The van der Waals surface area contributed by atoms with Crippen molar-refractivity contribution in [3.05, 3.63) is 63.6 Å². The van der Waals surface area contributed by atoms with E-state index in [9.17, 15) is 8.78 Å². The first-order valence-electron chi connectivity index (χ1n) is 6.44. The molecule has 0 heterocycles. The van der Waals surface area contributed by atoms with Crippen LogP contribution in [0.3, 0.4) is 0 Å². The molecule has 2 rings (SSSR count). The van der Waals surface area contributed by atoms with Crippen LogP contribution in [0.1, 0.15) is 23.6 Å². The van der Waals surface area contributed by atoms with Crippen LogP contribution in [0.25, 0.3) is 0 Å². The normalized spacial score (nSPS) is 10.1. The zero-order valence-corrected chi connectivity index (χ0v) is 13.0. The van der Waals surface area contributed by atoms with Crippen molar-refractivity contribution in [3.8, 4) is 17.6 Å². The summed E-state index contributed by atoms with van der Waals surface area (Å²) in [4.78, 5) is 0. The average Bonchev–Trinajstić information content (AvgIpc) is 2.45. The van der Waals surface area contributed by atoms with Crippen LogP contribution >= 0.6 is 15.9 Å². The molecule has 21 heavy (non-hydrogen) atoms. The van der Waals surface area contributed by atoms with E-state index in [1.54, 1.807) is 12.1 Å². The number of ether oxygens (including phenoxy) is 1. The molecule has 4 heteroatoms. The van der Waals surface area contributed by atoms with Crippen molar-refractivity contribution in [1.29, 1.82) is 0 Å². The largest absolute Gasteiger partial charge is 0.435 e. The fourth-order valence-corrected chi connectivity index (χ4v) is 2.25. The van der Waals surface area contributed by atoms with E-state index in [4.69, 9.17) is 0 Å². The Kier molecular flexibility index (Phi) is 5.35. The lowest BCUT2D eigenvalue weighted by Gasteiger charge is -2.09. The minimum atomic E-state index is -2.81. The van der Waals surface area contributed by atoms with Gasteiger partial charge in [0.15, 0.2) is 0 Å². The van der Waals surface area contributed by atoms with Crippen LogP contribution in [0.5, 0.6) is 5.75 Å². The Morgan fingerprint density at radius 2 is 1.81 bits per heavy atom. The predicted molar refractivity (Wildman–Crippen MR) is 82.6 cm³/mol. The van der Waals surface area contributed by atoms with Crippen molar-refractivity contribution >= 4 is 15.9 Å². The second kappa shape index (κ2) is 7.24. The number of hydrogen-bond acceptors (Lipinski definition) is 1. The van der Waals surface area contributed by atoms with Gasteiger partial charge in [-0.05, 0) is 48.4 Å². The first kappa shape index (κ1) is 15.5. The Balaban J connectivity index is 2.26. The van der Waals surface area contributed by atoms with E-state index >= 15 is 0 Å². The molecule has 0 amide bonds. The molecule has 0 atom stereocenters. The predicted octanol–water partition coefficient (Wildman–Crippen LogP) is 5.01. The van der Waals surface area contributed by atoms with Crippen LogP contribution in [0.2, 0.25) is 0 Å². The molecule has 1 nitrogen and oxygen atoms in total. The second-order valence-electron chi connectivity index (χ2n) is 4.31. The monoisotopic (exact) mass is 350 g/mol. The maximum Gasteiger partial charge on any atom is 0.387 e. The molecule has 0 aromatic heterocycles. The topological polar surface area (TPSA) is 9.23 Å². The Hall–Kier alpha value is -1.86. The van der Waals surface area contributed by atoms with Gasteiger partial charge in [0.2, 0.25) is 0 Å². The van der Waals surface area contributed by atoms with Crippen molar-refractivity contribution in [1.82, 2.24) is 0 Å². The van der Waals surface area contributed by atoms with Gasteiger partial charge < -0.3 is 4.74 Å². The minimum Gasteiger partial charge on any atom is -0.435 e. The standard InChI is InChI=1S/C17H13BrF2O/c1-2-14-10-13(8-9-16(14)21-17(19)20)7-6-12-4-3-5-15(18)11-12/h3-5,8-11,17H,2H2,1H3. The van der Waals surface area contributed by atoms with Crippen LogP contribution in [-0.2, 0) is 6.42 Å². The molecule has 108 valence electrons. The van der Waals surface area contributed by atoms with Crippen molar-refractivity contribution in [3.63, 3.8) is 0 Å². The third-order valence-electron chi connectivity index (χ3n) is 2.83. The van der Waals surface area contributed by atoms with Crippen LogP contribution in [0.4, 0.5) is 8.78 Å². The lowest BCUT2D eigenvalue weighted by atomic mass is 10.1. The Labute approximate surface area is 131 Å². The molecule has 0 radical (unpaired) electrons. The quantitative estimate of drug-likeness (QED) is 0.706. The van der Waals surface area contributed by atoms with E-state index in [0.717, 1.165) is 21.2 Å². The number of rotatable bonds is 3. The van der Waals surface area contributed by atoms with E-state index in [1.165, 1.54) is 6.07 Å². The molecule has 2 aromatic carbocycles. The lowest BCUT2D eigenvalue weighted by Crippen LogP contribution is -2.04. The summed E-state index contributed by atoms with van der Waals surface area (Å²) in [7, 11) is 0. The van der Waals surface area contributed by atoms with Crippen molar-refractivity contribution < 1.29 is 13.5 Å². The van der Waals surface area contributed by atoms with E-state index in [0.29, 0.717) is 6.42 Å². The van der Waals surface area contributed by atoms with Gasteiger partial charge >= 0.3 is 6.61 Å². The van der Waals surface area contributed by atoms with E-state index in [1.807, 2.05) is 31.2 Å². The molecule has 0 fully saturated rings. The SMILES string of the molecule is CCc1cc(C#Cc2cccc(Br)c2)ccc1OC(F)F. The molecular formula is C17H13BrF2O. The molecule has 0 aliphatic rings. The fourth-order valence-electron chi connectivity index (χ4n) is 1.86. The maximum atomic E-state index is 12.3. The highest BCUT2D eigenvalue weighted by atomic mass is 79.9. The van der Waals surface area contributed by atoms with Gasteiger partial charge in [-0.2, -0.15) is 8.78 Å². The van der Waals surface area contributed by atoms with Gasteiger partial charge in [-0.15, -0.1) is 0 Å². The Morgan fingerprint density at radius 1 is 1.10 bits per heavy atom. The number of benzene rings is 2. The zero-order valence-electron chi connectivity index (χ0n) is 11.4. The van der Waals surface area contributed by atoms with Crippen LogP contribution < -0.4 is 4.74 Å². The van der Waals surface area contributed by atoms with Gasteiger partial charge in [0, 0.05) is 15.6 Å². The maximum absolute atomic E-state index is 12.3. The zero-order chi connectivity index (χ0) is 15.2. The number of hydrogen-bond donors (Lipinski definition) is 0. The van der Waals surface area contributed by atoms with E-state index < -0.39 is 6.61 Å². The Bertz CT molecular complexity index is 687. The van der Waals surface area contributed by atoms with Crippen molar-refractivity contribution in [2.45, 2.75) is 20.0 Å². The summed E-state index contributed by atoms with van der Waals surface area (Å²) in [5.74, 6) is 6.28. The fraction of sp³-hybridized carbons (Fsp3) is 0.176. The second-order valence-corrected chi connectivity index (χ2v) is 5.23. The van der Waals surface area contributed by atoms with Crippen LogP contribution in [0.15, 0.2) is 46.9 Å². The average molecular weight is 351 g/mol. The Morgan fingerprint density at radius 3 is 2.43 bits per heavy atom.